The lowest BCUT2D eigenvalue weighted by Crippen LogP contribution is -2.28. The van der Waals surface area contributed by atoms with Gasteiger partial charge in [-0.3, -0.25) is 10.1 Å². The van der Waals surface area contributed by atoms with Crippen molar-refractivity contribution in [2.45, 2.75) is 51.0 Å². The molecule has 1 aliphatic carbocycles. The van der Waals surface area contributed by atoms with Crippen LogP contribution >= 0.6 is 0 Å². The third kappa shape index (κ3) is 2.10. The van der Waals surface area contributed by atoms with Crippen molar-refractivity contribution in [1.82, 2.24) is 0 Å². The minimum atomic E-state index is -1.66. The third-order valence-electron chi connectivity index (χ3n) is 5.42. The van der Waals surface area contributed by atoms with Gasteiger partial charge in [0.1, 0.15) is 17.1 Å². The first-order valence-electron chi connectivity index (χ1n) is 8.83. The topological polar surface area (TPSA) is 112 Å². The fourth-order valence-electron chi connectivity index (χ4n) is 4.22. The van der Waals surface area contributed by atoms with Gasteiger partial charge < -0.3 is 19.0 Å². The summed E-state index contributed by atoms with van der Waals surface area (Å²) in [5.41, 5.74) is 1.17. The van der Waals surface area contributed by atoms with E-state index in [9.17, 15) is 20.0 Å². The molecule has 0 bridgehead atoms. The maximum absolute atomic E-state index is 12.5. The average Bonchev–Trinajstić information content (AvgIpc) is 3.19. The Morgan fingerprint density at radius 2 is 2.00 bits per heavy atom. The summed E-state index contributed by atoms with van der Waals surface area (Å²) in [7, 11) is 0. The highest BCUT2D eigenvalue weighted by molar-refractivity contribution is 5.98. The Hall–Kier alpha value is -2.87. The molecule has 1 aromatic carbocycles. The van der Waals surface area contributed by atoms with Crippen molar-refractivity contribution in [3.8, 4) is 11.5 Å². The molecular formula is C19H17NO7. The number of nitro groups is 1. The SMILES string of the molecule is CC1(C)C=Cc2c3c(c4oc(=O)c5c(c4c2O1)CCC5)[C@H](O)[C@@H]([N+](=O)[O-])O3. The molecule has 1 aromatic heterocycles. The molecule has 8 nitrogen and oxygen atoms in total. The highest BCUT2D eigenvalue weighted by atomic mass is 16.7. The summed E-state index contributed by atoms with van der Waals surface area (Å²) in [4.78, 5) is 23.1. The Bertz CT molecular complexity index is 1110. The number of aliphatic hydroxyl groups is 1. The van der Waals surface area contributed by atoms with E-state index in [1.54, 1.807) is 6.08 Å². The molecule has 0 amide bonds. The van der Waals surface area contributed by atoms with E-state index in [2.05, 4.69) is 0 Å². The molecular weight excluding hydrogens is 354 g/mol. The predicted molar refractivity (Wildman–Crippen MR) is 94.6 cm³/mol. The van der Waals surface area contributed by atoms with Crippen molar-refractivity contribution in [3.63, 3.8) is 0 Å². The normalized spacial score (nSPS) is 24.1. The van der Waals surface area contributed by atoms with Gasteiger partial charge >= 0.3 is 11.9 Å². The smallest absolute Gasteiger partial charge is 0.384 e. The second-order valence-electron chi connectivity index (χ2n) is 7.67. The van der Waals surface area contributed by atoms with Gasteiger partial charge in [0.2, 0.25) is 0 Å². The standard InChI is InChI=1S/C19H17NO7/c1-19(2)7-6-10-14-12(13(21)17(25-14)20(23)24)16-11(15(10)27-19)8-4-3-5-9(8)18(22)26-16/h6-7,13,17,21H,3-5H2,1-2H3/t13-,17-/m0/s1. The zero-order valence-electron chi connectivity index (χ0n) is 14.8. The van der Waals surface area contributed by atoms with Crippen molar-refractivity contribution < 1.29 is 23.9 Å². The van der Waals surface area contributed by atoms with Crippen LogP contribution in [-0.4, -0.2) is 21.9 Å². The van der Waals surface area contributed by atoms with Crippen molar-refractivity contribution >= 4 is 17.0 Å². The van der Waals surface area contributed by atoms with E-state index in [4.69, 9.17) is 13.9 Å². The highest BCUT2D eigenvalue weighted by Crippen LogP contribution is 2.53. The maximum Gasteiger partial charge on any atom is 0.384 e. The summed E-state index contributed by atoms with van der Waals surface area (Å²) in [5, 5.41) is 22.5. The quantitative estimate of drug-likeness (QED) is 0.465. The fraction of sp³-hybridized carbons (Fsp3) is 0.421. The van der Waals surface area contributed by atoms with Crippen LogP contribution in [0.3, 0.4) is 0 Å². The Balaban J connectivity index is 1.94. The fourth-order valence-corrected chi connectivity index (χ4v) is 4.22. The van der Waals surface area contributed by atoms with Gasteiger partial charge in [-0.2, -0.15) is 0 Å². The van der Waals surface area contributed by atoms with E-state index < -0.39 is 28.5 Å². The van der Waals surface area contributed by atoms with Gasteiger partial charge in [0, 0.05) is 5.56 Å². The number of nitrogens with zero attached hydrogens (tertiary/aromatic N) is 1. The molecule has 2 aromatic rings. The summed E-state index contributed by atoms with van der Waals surface area (Å²) in [6.07, 6.45) is 2.56. The minimum Gasteiger partial charge on any atom is -0.482 e. The Morgan fingerprint density at radius 3 is 2.74 bits per heavy atom. The predicted octanol–water partition coefficient (Wildman–Crippen LogP) is 2.49. The summed E-state index contributed by atoms with van der Waals surface area (Å²) in [6, 6.07) is 0. The molecule has 27 heavy (non-hydrogen) atoms. The Kier molecular flexibility index (Phi) is 3.08. The van der Waals surface area contributed by atoms with Gasteiger partial charge in [-0.15, -0.1) is 0 Å². The summed E-state index contributed by atoms with van der Waals surface area (Å²) >= 11 is 0. The summed E-state index contributed by atoms with van der Waals surface area (Å²) in [6.45, 7) is 3.78. The maximum atomic E-state index is 12.5. The van der Waals surface area contributed by atoms with Crippen molar-refractivity contribution in [2.75, 3.05) is 0 Å². The molecule has 0 unspecified atom stereocenters. The van der Waals surface area contributed by atoms with E-state index in [0.29, 0.717) is 35.1 Å². The lowest BCUT2D eigenvalue weighted by molar-refractivity contribution is -0.572. The number of aliphatic hydroxyl groups excluding tert-OH is 1. The van der Waals surface area contributed by atoms with Gasteiger partial charge in [-0.1, -0.05) is 0 Å². The second kappa shape index (κ2) is 5.10. The minimum absolute atomic E-state index is 0.123. The first-order chi connectivity index (χ1) is 12.8. The van der Waals surface area contributed by atoms with Crippen molar-refractivity contribution in [3.05, 3.63) is 48.9 Å². The van der Waals surface area contributed by atoms with Crippen LogP contribution in [0.15, 0.2) is 15.3 Å². The first-order valence-corrected chi connectivity index (χ1v) is 8.83. The number of rotatable bonds is 1. The summed E-state index contributed by atoms with van der Waals surface area (Å²) in [5.74, 6) is 0.619. The molecule has 0 radical (unpaired) electrons. The molecule has 2 atom stereocenters. The van der Waals surface area contributed by atoms with Crippen LogP contribution in [0.2, 0.25) is 0 Å². The molecule has 0 fully saturated rings. The molecule has 0 saturated heterocycles. The van der Waals surface area contributed by atoms with Crippen LogP contribution in [-0.2, 0) is 12.8 Å². The lowest BCUT2D eigenvalue weighted by Gasteiger charge is -2.30. The van der Waals surface area contributed by atoms with E-state index in [1.165, 1.54) is 0 Å². The van der Waals surface area contributed by atoms with Gasteiger partial charge in [0.05, 0.1) is 21.4 Å². The van der Waals surface area contributed by atoms with Crippen LogP contribution < -0.4 is 15.1 Å². The van der Waals surface area contributed by atoms with E-state index in [0.717, 1.165) is 12.0 Å². The number of benzene rings is 1. The largest absolute Gasteiger partial charge is 0.482 e. The van der Waals surface area contributed by atoms with E-state index in [-0.39, 0.29) is 16.9 Å². The third-order valence-corrected chi connectivity index (χ3v) is 5.42. The molecule has 1 N–H and O–H groups in total. The van der Waals surface area contributed by atoms with Crippen LogP contribution in [0.1, 0.15) is 48.6 Å². The summed E-state index contributed by atoms with van der Waals surface area (Å²) < 4.78 is 17.2. The molecule has 0 spiro atoms. The zero-order valence-corrected chi connectivity index (χ0v) is 14.8. The molecule has 3 heterocycles. The van der Waals surface area contributed by atoms with Crippen LogP contribution in [0.25, 0.3) is 17.0 Å². The first kappa shape index (κ1) is 16.3. The Labute approximate surface area is 153 Å². The van der Waals surface area contributed by atoms with E-state index in [1.807, 2.05) is 19.9 Å². The molecule has 8 heteroatoms. The number of aryl methyl sites for hydroxylation is 1. The molecule has 5 rings (SSSR count). The van der Waals surface area contributed by atoms with Crippen LogP contribution in [0.5, 0.6) is 11.5 Å². The van der Waals surface area contributed by atoms with Gasteiger partial charge in [-0.05, 0) is 50.8 Å². The number of hydrogen-bond donors (Lipinski definition) is 1. The van der Waals surface area contributed by atoms with Crippen LogP contribution in [0.4, 0.5) is 0 Å². The number of hydrogen-bond acceptors (Lipinski definition) is 7. The average molecular weight is 371 g/mol. The number of ether oxygens (including phenoxy) is 2. The molecule has 3 aliphatic rings. The molecule has 2 aliphatic heterocycles. The monoisotopic (exact) mass is 371 g/mol. The lowest BCUT2D eigenvalue weighted by atomic mass is 9.93. The van der Waals surface area contributed by atoms with E-state index >= 15 is 0 Å². The van der Waals surface area contributed by atoms with Crippen LogP contribution in [0, 0.1) is 10.1 Å². The van der Waals surface area contributed by atoms with Crippen molar-refractivity contribution in [2.24, 2.45) is 0 Å². The van der Waals surface area contributed by atoms with Gasteiger partial charge in [0.15, 0.2) is 11.7 Å². The molecule has 140 valence electrons. The van der Waals surface area contributed by atoms with Gasteiger partial charge in [0.25, 0.3) is 0 Å². The number of fused-ring (bicyclic) bond motifs is 8. The molecule has 0 saturated carbocycles. The Morgan fingerprint density at radius 1 is 1.26 bits per heavy atom. The van der Waals surface area contributed by atoms with Crippen molar-refractivity contribution in [1.29, 1.82) is 0 Å². The highest BCUT2D eigenvalue weighted by Gasteiger charge is 2.47. The van der Waals surface area contributed by atoms with Gasteiger partial charge in [-0.25, -0.2) is 4.79 Å². The second-order valence-corrected chi connectivity index (χ2v) is 7.67. The zero-order chi connectivity index (χ0) is 19.1.